The maximum Gasteiger partial charge on any atom is 0.261 e. The Morgan fingerprint density at radius 1 is 1.14 bits per heavy atom. The van der Waals surface area contributed by atoms with Crippen LogP contribution in [0, 0.1) is 0 Å². The van der Waals surface area contributed by atoms with Crippen molar-refractivity contribution in [3.63, 3.8) is 0 Å². The number of fused-ring (bicyclic) bond motifs is 1. The first-order valence-corrected chi connectivity index (χ1v) is 10.2. The average molecular weight is 441 g/mol. The monoisotopic (exact) mass is 440 g/mol. The molecule has 0 spiro atoms. The Morgan fingerprint density at radius 3 is 2.64 bits per heavy atom. The molecule has 1 aromatic carbocycles. The van der Waals surface area contributed by atoms with E-state index in [9.17, 15) is 4.79 Å². The standard InChI is InChI=1S/C16H18Cl2N8OS/c1-3-19-13-22-14(20-4-2)26-15(23-13)24-25-16(26)28-8-12(27)21-11-6-5-9(17)7-10(11)18/h5-7H,3-4,8H2,1-2H3,(H,21,27)(H2,19,20,22,23,24). The van der Waals surface area contributed by atoms with E-state index in [1.165, 1.54) is 11.8 Å². The molecule has 0 bridgehead atoms. The van der Waals surface area contributed by atoms with E-state index in [0.717, 1.165) is 0 Å². The SMILES string of the molecule is CCNc1nc(NCC)n2c(SCC(=O)Nc3ccc(Cl)cc3Cl)nnc2n1. The first kappa shape index (κ1) is 20.4. The molecule has 0 aliphatic rings. The van der Waals surface area contributed by atoms with Crippen LogP contribution in [0.15, 0.2) is 23.4 Å². The maximum atomic E-state index is 12.3. The lowest BCUT2D eigenvalue weighted by Gasteiger charge is -2.10. The van der Waals surface area contributed by atoms with E-state index < -0.39 is 0 Å². The van der Waals surface area contributed by atoms with Crippen LogP contribution in [0.4, 0.5) is 17.6 Å². The molecule has 0 saturated carbocycles. The van der Waals surface area contributed by atoms with Gasteiger partial charge < -0.3 is 16.0 Å². The topological polar surface area (TPSA) is 109 Å². The van der Waals surface area contributed by atoms with Crippen molar-refractivity contribution in [2.24, 2.45) is 0 Å². The van der Waals surface area contributed by atoms with Crippen LogP contribution >= 0.6 is 35.0 Å². The molecule has 12 heteroatoms. The smallest absolute Gasteiger partial charge is 0.261 e. The van der Waals surface area contributed by atoms with E-state index >= 15 is 0 Å². The number of nitrogens with one attached hydrogen (secondary N) is 3. The number of hydrogen-bond donors (Lipinski definition) is 3. The summed E-state index contributed by atoms with van der Waals surface area (Å²) in [5.41, 5.74) is 0.495. The third-order valence-corrected chi connectivity index (χ3v) is 4.93. The summed E-state index contributed by atoms with van der Waals surface area (Å²) in [6, 6.07) is 4.88. The van der Waals surface area contributed by atoms with Crippen molar-refractivity contribution < 1.29 is 4.79 Å². The van der Waals surface area contributed by atoms with Crippen molar-refractivity contribution in [2.75, 3.05) is 34.8 Å². The maximum absolute atomic E-state index is 12.3. The summed E-state index contributed by atoms with van der Waals surface area (Å²) in [4.78, 5) is 21.1. The number of halogens is 2. The summed E-state index contributed by atoms with van der Waals surface area (Å²) in [6.45, 7) is 5.26. The van der Waals surface area contributed by atoms with E-state index in [0.29, 0.717) is 51.7 Å². The molecular weight excluding hydrogens is 423 g/mol. The van der Waals surface area contributed by atoms with Crippen LogP contribution < -0.4 is 16.0 Å². The van der Waals surface area contributed by atoms with Gasteiger partial charge in [0.2, 0.25) is 17.8 Å². The van der Waals surface area contributed by atoms with Crippen molar-refractivity contribution in [1.29, 1.82) is 0 Å². The van der Waals surface area contributed by atoms with Crippen LogP contribution in [0.1, 0.15) is 13.8 Å². The summed E-state index contributed by atoms with van der Waals surface area (Å²) >= 11 is 13.2. The molecule has 0 aliphatic carbocycles. The van der Waals surface area contributed by atoms with Gasteiger partial charge in [-0.25, -0.2) is 4.40 Å². The molecule has 2 heterocycles. The van der Waals surface area contributed by atoms with Gasteiger partial charge >= 0.3 is 0 Å². The van der Waals surface area contributed by atoms with Gasteiger partial charge in [-0.1, -0.05) is 35.0 Å². The van der Waals surface area contributed by atoms with Crippen molar-refractivity contribution in [1.82, 2.24) is 24.6 Å². The van der Waals surface area contributed by atoms with E-state index in [1.807, 2.05) is 13.8 Å². The zero-order chi connectivity index (χ0) is 20.1. The normalized spacial score (nSPS) is 10.9. The minimum absolute atomic E-state index is 0.111. The number of amides is 1. The Morgan fingerprint density at radius 2 is 1.93 bits per heavy atom. The second-order valence-electron chi connectivity index (χ2n) is 5.51. The number of benzene rings is 1. The minimum Gasteiger partial charge on any atom is -0.355 e. The van der Waals surface area contributed by atoms with Crippen LogP contribution in [-0.2, 0) is 4.79 Å². The number of carbonyl (C=O) groups is 1. The van der Waals surface area contributed by atoms with Gasteiger partial charge in [-0.05, 0) is 32.0 Å². The number of aromatic nitrogens is 5. The van der Waals surface area contributed by atoms with Gasteiger partial charge in [0, 0.05) is 18.1 Å². The fourth-order valence-corrected chi connectivity index (χ4v) is 3.49. The Hall–Kier alpha value is -2.30. The molecule has 28 heavy (non-hydrogen) atoms. The highest BCUT2D eigenvalue weighted by Gasteiger charge is 2.16. The molecule has 3 N–H and O–H groups in total. The largest absolute Gasteiger partial charge is 0.355 e. The van der Waals surface area contributed by atoms with Crippen LogP contribution in [0.3, 0.4) is 0 Å². The molecule has 2 aromatic heterocycles. The molecule has 1 amide bonds. The highest BCUT2D eigenvalue weighted by molar-refractivity contribution is 7.99. The molecule has 0 radical (unpaired) electrons. The first-order chi connectivity index (χ1) is 13.5. The lowest BCUT2D eigenvalue weighted by molar-refractivity contribution is -0.113. The van der Waals surface area contributed by atoms with Crippen LogP contribution in [0.2, 0.25) is 10.0 Å². The number of rotatable bonds is 8. The lowest BCUT2D eigenvalue weighted by atomic mass is 10.3. The predicted molar refractivity (Wildman–Crippen MR) is 113 cm³/mol. The van der Waals surface area contributed by atoms with Crippen molar-refractivity contribution >= 4 is 64.2 Å². The second-order valence-corrected chi connectivity index (χ2v) is 7.30. The van der Waals surface area contributed by atoms with Crippen molar-refractivity contribution in [2.45, 2.75) is 19.0 Å². The molecule has 0 unspecified atom stereocenters. The van der Waals surface area contributed by atoms with Gasteiger partial charge in [0.15, 0.2) is 5.16 Å². The van der Waals surface area contributed by atoms with Crippen LogP contribution in [0.5, 0.6) is 0 Å². The van der Waals surface area contributed by atoms with E-state index in [1.54, 1.807) is 22.6 Å². The highest BCUT2D eigenvalue weighted by atomic mass is 35.5. The number of anilines is 3. The molecule has 148 valence electrons. The van der Waals surface area contributed by atoms with Gasteiger partial charge in [0.1, 0.15) is 0 Å². The summed E-state index contributed by atoms with van der Waals surface area (Å²) in [6.07, 6.45) is 0. The minimum atomic E-state index is -0.235. The Labute approximate surface area is 175 Å². The molecule has 3 rings (SSSR count). The van der Waals surface area contributed by atoms with Gasteiger partial charge in [-0.15, -0.1) is 10.2 Å². The molecule has 0 atom stereocenters. The highest BCUT2D eigenvalue weighted by Crippen LogP contribution is 2.26. The zero-order valence-electron chi connectivity index (χ0n) is 15.2. The first-order valence-electron chi connectivity index (χ1n) is 8.50. The molecular formula is C16H18Cl2N8OS. The Balaban J connectivity index is 1.75. The van der Waals surface area contributed by atoms with Gasteiger partial charge in [0.05, 0.1) is 16.5 Å². The fourth-order valence-electron chi connectivity index (χ4n) is 2.30. The van der Waals surface area contributed by atoms with Gasteiger partial charge in [-0.2, -0.15) is 9.97 Å². The number of carbonyl (C=O) groups excluding carboxylic acids is 1. The van der Waals surface area contributed by atoms with E-state index in [4.69, 9.17) is 23.2 Å². The predicted octanol–water partition coefficient (Wildman–Crippen LogP) is 3.42. The number of thioether (sulfide) groups is 1. The Bertz CT molecular complexity index is 996. The third kappa shape index (κ3) is 4.75. The zero-order valence-corrected chi connectivity index (χ0v) is 17.5. The van der Waals surface area contributed by atoms with E-state index in [2.05, 4.69) is 36.1 Å². The van der Waals surface area contributed by atoms with Crippen LogP contribution in [-0.4, -0.2) is 49.3 Å². The van der Waals surface area contributed by atoms with Gasteiger partial charge in [-0.3, -0.25) is 4.79 Å². The van der Waals surface area contributed by atoms with Crippen LogP contribution in [0.25, 0.3) is 5.78 Å². The number of nitrogens with zero attached hydrogens (tertiary/aromatic N) is 5. The molecule has 0 fully saturated rings. The van der Waals surface area contributed by atoms with E-state index in [-0.39, 0.29) is 11.7 Å². The Kier molecular flexibility index (Phi) is 6.76. The fraction of sp³-hybridized carbons (Fsp3) is 0.312. The second kappa shape index (κ2) is 9.26. The summed E-state index contributed by atoms with van der Waals surface area (Å²) in [5.74, 6) is 1.29. The molecule has 3 aromatic rings. The van der Waals surface area contributed by atoms with Crippen molar-refractivity contribution in [3.8, 4) is 0 Å². The quantitative estimate of drug-likeness (QED) is 0.457. The van der Waals surface area contributed by atoms with Gasteiger partial charge in [0.25, 0.3) is 5.78 Å². The lowest BCUT2D eigenvalue weighted by Crippen LogP contribution is -2.15. The number of hydrogen-bond acceptors (Lipinski definition) is 8. The molecule has 9 nitrogen and oxygen atoms in total. The summed E-state index contributed by atoms with van der Waals surface area (Å²) in [5, 5.41) is 18.6. The summed E-state index contributed by atoms with van der Waals surface area (Å²) in [7, 11) is 0. The third-order valence-electron chi connectivity index (χ3n) is 3.45. The molecule has 0 aliphatic heterocycles. The molecule has 0 saturated heterocycles. The van der Waals surface area contributed by atoms with Crippen molar-refractivity contribution in [3.05, 3.63) is 28.2 Å². The average Bonchev–Trinajstić information content (AvgIpc) is 3.06. The summed E-state index contributed by atoms with van der Waals surface area (Å²) < 4.78 is 1.68.